The number of rotatable bonds is 4. The summed E-state index contributed by atoms with van der Waals surface area (Å²) in [6.45, 7) is 1.79. The molecule has 0 radical (unpaired) electrons. The number of ether oxygens (including phenoxy) is 1. The van der Waals surface area contributed by atoms with Gasteiger partial charge in [-0.2, -0.15) is 0 Å². The molecule has 1 aliphatic rings. The molecule has 1 saturated heterocycles. The zero-order valence-corrected chi connectivity index (χ0v) is 15.0. The van der Waals surface area contributed by atoms with Crippen LogP contribution in [0.2, 0.25) is 5.02 Å². The third kappa shape index (κ3) is 3.51. The molecule has 4 nitrogen and oxygen atoms in total. The van der Waals surface area contributed by atoms with Gasteiger partial charge >= 0.3 is 0 Å². The summed E-state index contributed by atoms with van der Waals surface area (Å²) in [5, 5.41) is 1.61. The van der Waals surface area contributed by atoms with Crippen LogP contribution in [-0.4, -0.2) is 30.5 Å². The Morgan fingerprint density at radius 3 is 2.54 bits per heavy atom. The van der Waals surface area contributed by atoms with Crippen LogP contribution in [0.1, 0.15) is 23.2 Å². The first kappa shape index (κ1) is 16.9. The van der Waals surface area contributed by atoms with E-state index in [-0.39, 0.29) is 6.10 Å². The van der Waals surface area contributed by atoms with E-state index in [1.54, 1.807) is 0 Å². The van der Waals surface area contributed by atoms with Crippen LogP contribution in [0.15, 0.2) is 54.6 Å². The van der Waals surface area contributed by atoms with Crippen molar-refractivity contribution < 1.29 is 9.53 Å². The quantitative estimate of drug-likeness (QED) is 0.625. The Balaban J connectivity index is 1.43. The van der Waals surface area contributed by atoms with Gasteiger partial charge in [-0.3, -0.25) is 4.79 Å². The smallest absolute Gasteiger partial charge is 0.150 e. The van der Waals surface area contributed by atoms with E-state index in [4.69, 9.17) is 21.3 Å². The molecule has 132 valence electrons. The van der Waals surface area contributed by atoms with E-state index in [2.05, 4.69) is 4.90 Å². The fourth-order valence-corrected chi connectivity index (χ4v) is 3.48. The topological polar surface area (TPSA) is 42.4 Å². The van der Waals surface area contributed by atoms with Crippen LogP contribution in [-0.2, 0) is 0 Å². The highest BCUT2D eigenvalue weighted by Crippen LogP contribution is 2.25. The second kappa shape index (κ2) is 7.34. The standard InChI is InChI=1S/C21H19ClN2O2/c22-16-4-6-17(7-5-16)26-18-10-12-24(13-11-18)21-9-8-19-15(14-25)2-1-3-20(19)23-21/h1-9,14,18H,10-13H2. The summed E-state index contributed by atoms with van der Waals surface area (Å²) in [4.78, 5) is 18.2. The van der Waals surface area contributed by atoms with E-state index in [1.165, 1.54) is 0 Å². The minimum absolute atomic E-state index is 0.203. The molecule has 0 amide bonds. The van der Waals surface area contributed by atoms with Gasteiger partial charge in [0.05, 0.1) is 5.52 Å². The summed E-state index contributed by atoms with van der Waals surface area (Å²) in [6, 6.07) is 17.1. The van der Waals surface area contributed by atoms with Gasteiger partial charge in [0.25, 0.3) is 0 Å². The summed E-state index contributed by atoms with van der Waals surface area (Å²) in [7, 11) is 0. The van der Waals surface area contributed by atoms with Gasteiger partial charge in [-0.15, -0.1) is 0 Å². The maximum atomic E-state index is 11.2. The normalized spacial score (nSPS) is 15.2. The minimum Gasteiger partial charge on any atom is -0.490 e. The number of halogens is 1. The highest BCUT2D eigenvalue weighted by atomic mass is 35.5. The molecular weight excluding hydrogens is 348 g/mol. The van der Waals surface area contributed by atoms with Crippen molar-refractivity contribution in [1.29, 1.82) is 0 Å². The third-order valence-corrected chi connectivity index (χ3v) is 5.01. The zero-order valence-electron chi connectivity index (χ0n) is 14.3. The number of fused-ring (bicyclic) bond motifs is 1. The molecular formula is C21H19ClN2O2. The lowest BCUT2D eigenvalue weighted by atomic mass is 10.1. The molecule has 0 saturated carbocycles. The monoisotopic (exact) mass is 366 g/mol. The van der Waals surface area contributed by atoms with Crippen molar-refractivity contribution in [3.63, 3.8) is 0 Å². The fourth-order valence-electron chi connectivity index (χ4n) is 3.36. The highest BCUT2D eigenvalue weighted by Gasteiger charge is 2.21. The number of hydrogen-bond acceptors (Lipinski definition) is 4. The maximum Gasteiger partial charge on any atom is 0.150 e. The molecule has 0 bridgehead atoms. The average Bonchev–Trinajstić information content (AvgIpc) is 2.69. The van der Waals surface area contributed by atoms with Gasteiger partial charge in [-0.25, -0.2) is 4.98 Å². The number of nitrogens with zero attached hydrogens (tertiary/aromatic N) is 2. The molecule has 0 spiro atoms. The van der Waals surface area contributed by atoms with Crippen molar-refractivity contribution >= 4 is 34.6 Å². The lowest BCUT2D eigenvalue weighted by Crippen LogP contribution is -2.38. The van der Waals surface area contributed by atoms with Crippen LogP contribution in [0.4, 0.5) is 5.82 Å². The van der Waals surface area contributed by atoms with Gasteiger partial charge in [0.15, 0.2) is 6.29 Å². The lowest BCUT2D eigenvalue weighted by molar-refractivity contribution is 0.112. The van der Waals surface area contributed by atoms with E-state index in [1.807, 2.05) is 54.6 Å². The minimum atomic E-state index is 0.203. The molecule has 3 aromatic rings. The number of piperidine rings is 1. The van der Waals surface area contributed by atoms with Crippen molar-refractivity contribution in [1.82, 2.24) is 4.98 Å². The Bertz CT molecular complexity index is 919. The summed E-state index contributed by atoms with van der Waals surface area (Å²) < 4.78 is 6.05. The predicted octanol–water partition coefficient (Wildman–Crippen LogP) is 4.75. The van der Waals surface area contributed by atoms with Gasteiger partial charge in [0, 0.05) is 41.9 Å². The Hall–Kier alpha value is -2.59. The Morgan fingerprint density at radius 1 is 1.04 bits per heavy atom. The Labute approximate surface area is 157 Å². The molecule has 2 heterocycles. The van der Waals surface area contributed by atoms with E-state index >= 15 is 0 Å². The molecule has 1 aliphatic heterocycles. The van der Waals surface area contributed by atoms with Crippen LogP contribution in [0.25, 0.3) is 10.9 Å². The summed E-state index contributed by atoms with van der Waals surface area (Å²) in [5.74, 6) is 1.81. The molecule has 0 N–H and O–H groups in total. The molecule has 2 aromatic carbocycles. The lowest BCUT2D eigenvalue weighted by Gasteiger charge is -2.33. The highest BCUT2D eigenvalue weighted by molar-refractivity contribution is 6.30. The van der Waals surface area contributed by atoms with E-state index in [9.17, 15) is 4.79 Å². The third-order valence-electron chi connectivity index (χ3n) is 4.76. The molecule has 0 atom stereocenters. The predicted molar refractivity (Wildman–Crippen MR) is 104 cm³/mol. The molecule has 26 heavy (non-hydrogen) atoms. The van der Waals surface area contributed by atoms with Crippen molar-refractivity contribution in [2.45, 2.75) is 18.9 Å². The van der Waals surface area contributed by atoms with Crippen molar-refractivity contribution in [3.05, 3.63) is 65.2 Å². The number of carbonyl (C=O) groups is 1. The largest absolute Gasteiger partial charge is 0.490 e. The molecule has 0 unspecified atom stereocenters. The summed E-state index contributed by atoms with van der Waals surface area (Å²) >= 11 is 5.91. The second-order valence-electron chi connectivity index (χ2n) is 6.46. The van der Waals surface area contributed by atoms with Gasteiger partial charge < -0.3 is 9.64 Å². The molecule has 1 fully saturated rings. The van der Waals surface area contributed by atoms with Crippen LogP contribution in [0.3, 0.4) is 0 Å². The molecule has 0 aliphatic carbocycles. The van der Waals surface area contributed by atoms with Crippen LogP contribution in [0.5, 0.6) is 5.75 Å². The molecule has 5 heteroatoms. The first-order valence-corrected chi connectivity index (χ1v) is 9.13. The molecule has 1 aromatic heterocycles. The van der Waals surface area contributed by atoms with Crippen molar-refractivity contribution in [2.24, 2.45) is 0 Å². The maximum absolute atomic E-state index is 11.2. The van der Waals surface area contributed by atoms with Gasteiger partial charge in [0.1, 0.15) is 17.7 Å². The number of aldehydes is 1. The zero-order chi connectivity index (χ0) is 17.9. The molecule has 4 rings (SSSR count). The first-order valence-electron chi connectivity index (χ1n) is 8.75. The van der Waals surface area contributed by atoms with Crippen LogP contribution >= 0.6 is 11.6 Å². The van der Waals surface area contributed by atoms with Gasteiger partial charge in [-0.1, -0.05) is 23.7 Å². The van der Waals surface area contributed by atoms with E-state index in [0.717, 1.165) is 54.7 Å². The number of anilines is 1. The fraction of sp³-hybridized carbons (Fsp3) is 0.238. The summed E-state index contributed by atoms with van der Waals surface area (Å²) in [5.41, 5.74) is 1.53. The van der Waals surface area contributed by atoms with E-state index in [0.29, 0.717) is 10.6 Å². The number of carbonyl (C=O) groups excluding carboxylic acids is 1. The van der Waals surface area contributed by atoms with Gasteiger partial charge in [-0.05, 0) is 42.5 Å². The Morgan fingerprint density at radius 2 is 1.81 bits per heavy atom. The van der Waals surface area contributed by atoms with Crippen molar-refractivity contribution in [3.8, 4) is 5.75 Å². The van der Waals surface area contributed by atoms with Gasteiger partial charge in [0.2, 0.25) is 0 Å². The van der Waals surface area contributed by atoms with E-state index < -0.39 is 0 Å². The average molecular weight is 367 g/mol. The number of hydrogen-bond donors (Lipinski definition) is 0. The SMILES string of the molecule is O=Cc1cccc2nc(N3CCC(Oc4ccc(Cl)cc4)CC3)ccc12. The Kier molecular flexibility index (Phi) is 4.76. The van der Waals surface area contributed by atoms with Crippen molar-refractivity contribution in [2.75, 3.05) is 18.0 Å². The first-order chi connectivity index (χ1) is 12.7. The number of pyridine rings is 1. The van der Waals surface area contributed by atoms with Crippen LogP contribution in [0, 0.1) is 0 Å². The second-order valence-corrected chi connectivity index (χ2v) is 6.90. The number of benzene rings is 2. The summed E-state index contributed by atoms with van der Waals surface area (Å²) in [6.07, 6.45) is 2.96. The number of aromatic nitrogens is 1. The van der Waals surface area contributed by atoms with Crippen LogP contribution < -0.4 is 9.64 Å².